The number of likely N-dealkylation sites (tertiary alicyclic amines) is 1. The molecule has 2 N–H and O–H groups in total. The lowest BCUT2D eigenvalue weighted by Crippen LogP contribution is -2.34. The summed E-state index contributed by atoms with van der Waals surface area (Å²) in [6.07, 6.45) is 1.93. The third-order valence-electron chi connectivity index (χ3n) is 4.39. The molecule has 130 valence electrons. The first-order valence-electron chi connectivity index (χ1n) is 7.98. The molecule has 25 heavy (non-hydrogen) atoms. The topological polar surface area (TPSA) is 70.7 Å². The van der Waals surface area contributed by atoms with E-state index in [1.807, 2.05) is 10.3 Å². The minimum Gasteiger partial charge on any atom is -0.482 e. The largest absolute Gasteiger partial charge is 0.482 e. The van der Waals surface area contributed by atoms with Crippen molar-refractivity contribution in [3.63, 3.8) is 0 Å². The van der Waals surface area contributed by atoms with E-state index in [0.29, 0.717) is 28.7 Å². The summed E-state index contributed by atoms with van der Waals surface area (Å²) in [5.74, 6) is 0.270. The van der Waals surface area contributed by atoms with Gasteiger partial charge >= 0.3 is 6.03 Å². The van der Waals surface area contributed by atoms with Crippen molar-refractivity contribution in [2.75, 3.05) is 23.8 Å². The van der Waals surface area contributed by atoms with Crippen LogP contribution < -0.4 is 15.4 Å². The molecule has 1 fully saturated rings. The third kappa shape index (κ3) is 3.17. The number of hydrogen-bond donors (Lipinski definition) is 2. The van der Waals surface area contributed by atoms with E-state index in [0.717, 1.165) is 12.8 Å². The summed E-state index contributed by atoms with van der Waals surface area (Å²) in [6.45, 7) is 0.663. The van der Waals surface area contributed by atoms with Gasteiger partial charge in [-0.3, -0.25) is 4.79 Å². The van der Waals surface area contributed by atoms with Crippen LogP contribution in [0.1, 0.15) is 24.4 Å². The maximum absolute atomic E-state index is 12.7. The van der Waals surface area contributed by atoms with Crippen molar-refractivity contribution in [3.8, 4) is 5.75 Å². The number of carbonyl (C=O) groups excluding carboxylic acids is 2. The highest BCUT2D eigenvalue weighted by molar-refractivity contribution is 7.08. The van der Waals surface area contributed by atoms with Crippen LogP contribution in [0.5, 0.6) is 5.75 Å². The van der Waals surface area contributed by atoms with Crippen LogP contribution in [0, 0.1) is 0 Å². The molecule has 1 atom stereocenters. The van der Waals surface area contributed by atoms with Crippen molar-refractivity contribution < 1.29 is 14.3 Å². The fourth-order valence-corrected chi connectivity index (χ4v) is 4.12. The number of benzene rings is 1. The highest BCUT2D eigenvalue weighted by atomic mass is 35.5. The molecule has 0 bridgehead atoms. The van der Waals surface area contributed by atoms with Crippen molar-refractivity contribution in [1.82, 2.24) is 4.90 Å². The zero-order valence-corrected chi connectivity index (χ0v) is 14.8. The van der Waals surface area contributed by atoms with E-state index in [2.05, 4.69) is 22.1 Å². The summed E-state index contributed by atoms with van der Waals surface area (Å²) >= 11 is 7.89. The standard InChI is InChI=1S/C17H16ClN3O3S/c18-11-6-13-15(24-8-16(22)19-13)7-12(11)20-17(23)21-4-1-2-14(21)10-3-5-25-9-10/h3,5-7,9,14H,1-2,4,8H2,(H,19,22)(H,20,23)/t14-/m0/s1. The number of nitrogens with one attached hydrogen (secondary N) is 2. The first-order chi connectivity index (χ1) is 12.1. The van der Waals surface area contributed by atoms with Crippen molar-refractivity contribution in [3.05, 3.63) is 39.5 Å². The van der Waals surface area contributed by atoms with Crippen LogP contribution in [0.2, 0.25) is 5.02 Å². The van der Waals surface area contributed by atoms with E-state index in [1.165, 1.54) is 5.56 Å². The van der Waals surface area contributed by atoms with Gasteiger partial charge in [0.05, 0.1) is 22.4 Å². The molecule has 1 aromatic heterocycles. The summed E-state index contributed by atoms with van der Waals surface area (Å²) in [5.41, 5.74) is 2.15. The van der Waals surface area contributed by atoms with Gasteiger partial charge in [0.25, 0.3) is 5.91 Å². The summed E-state index contributed by atoms with van der Waals surface area (Å²) in [4.78, 5) is 25.9. The van der Waals surface area contributed by atoms with Crippen LogP contribution in [0.25, 0.3) is 0 Å². The minimum atomic E-state index is -0.226. The first-order valence-corrected chi connectivity index (χ1v) is 9.30. The lowest BCUT2D eigenvalue weighted by Gasteiger charge is -2.25. The normalized spacial score (nSPS) is 19.2. The van der Waals surface area contributed by atoms with Gasteiger partial charge in [-0.1, -0.05) is 11.6 Å². The number of amides is 3. The van der Waals surface area contributed by atoms with Crippen molar-refractivity contribution in [2.45, 2.75) is 18.9 Å². The van der Waals surface area contributed by atoms with E-state index in [9.17, 15) is 9.59 Å². The Morgan fingerprint density at radius 2 is 2.32 bits per heavy atom. The molecule has 8 heteroatoms. The van der Waals surface area contributed by atoms with Gasteiger partial charge in [0, 0.05) is 12.6 Å². The Kier molecular flexibility index (Phi) is 4.27. The number of carbonyl (C=O) groups is 2. The molecular weight excluding hydrogens is 362 g/mol. The van der Waals surface area contributed by atoms with Crippen molar-refractivity contribution in [2.24, 2.45) is 0 Å². The summed E-state index contributed by atoms with van der Waals surface area (Å²) in [7, 11) is 0. The highest BCUT2D eigenvalue weighted by Gasteiger charge is 2.30. The molecule has 4 rings (SSSR count). The Morgan fingerprint density at radius 3 is 3.12 bits per heavy atom. The van der Waals surface area contributed by atoms with Gasteiger partial charge in [0.1, 0.15) is 5.75 Å². The van der Waals surface area contributed by atoms with Crippen LogP contribution in [0.4, 0.5) is 16.2 Å². The van der Waals surface area contributed by atoms with Gasteiger partial charge in [0.15, 0.2) is 6.61 Å². The third-order valence-corrected chi connectivity index (χ3v) is 5.40. The number of ether oxygens (including phenoxy) is 1. The Hall–Kier alpha value is -2.25. The number of thiophene rings is 1. The first kappa shape index (κ1) is 16.2. The number of urea groups is 1. The number of rotatable bonds is 2. The number of anilines is 2. The van der Waals surface area contributed by atoms with E-state index in [1.54, 1.807) is 23.5 Å². The summed E-state index contributed by atoms with van der Waals surface area (Å²) in [5, 5.41) is 10.0. The van der Waals surface area contributed by atoms with Gasteiger partial charge in [-0.15, -0.1) is 0 Å². The molecule has 0 saturated carbocycles. The Bertz CT molecular complexity index is 825. The summed E-state index contributed by atoms with van der Waals surface area (Å²) < 4.78 is 5.38. The number of halogens is 1. The molecule has 6 nitrogen and oxygen atoms in total. The van der Waals surface area contributed by atoms with Gasteiger partial charge in [0.2, 0.25) is 0 Å². The highest BCUT2D eigenvalue weighted by Crippen LogP contribution is 2.38. The molecule has 0 spiro atoms. The van der Waals surface area contributed by atoms with Crippen LogP contribution in [0.3, 0.4) is 0 Å². The van der Waals surface area contributed by atoms with Gasteiger partial charge < -0.3 is 20.3 Å². The quantitative estimate of drug-likeness (QED) is 0.827. The van der Waals surface area contributed by atoms with Gasteiger partial charge in [-0.25, -0.2) is 4.79 Å². The molecular formula is C17H16ClN3O3S. The van der Waals surface area contributed by atoms with E-state index in [4.69, 9.17) is 16.3 Å². The maximum Gasteiger partial charge on any atom is 0.322 e. The van der Waals surface area contributed by atoms with Crippen LogP contribution >= 0.6 is 22.9 Å². The zero-order valence-electron chi connectivity index (χ0n) is 13.3. The maximum atomic E-state index is 12.7. The molecule has 0 radical (unpaired) electrons. The van der Waals surface area contributed by atoms with Crippen LogP contribution in [-0.4, -0.2) is 30.0 Å². The molecule has 2 aliphatic heterocycles. The molecule has 3 heterocycles. The second kappa shape index (κ2) is 6.57. The number of fused-ring (bicyclic) bond motifs is 1. The molecule has 2 aliphatic rings. The van der Waals surface area contributed by atoms with E-state index >= 15 is 0 Å². The average Bonchev–Trinajstić information content (AvgIpc) is 3.26. The Balaban J connectivity index is 1.54. The lowest BCUT2D eigenvalue weighted by molar-refractivity contribution is -0.118. The Labute approximate surface area is 153 Å². The monoisotopic (exact) mass is 377 g/mol. The van der Waals surface area contributed by atoms with Crippen molar-refractivity contribution >= 4 is 46.3 Å². The van der Waals surface area contributed by atoms with Gasteiger partial charge in [-0.2, -0.15) is 11.3 Å². The predicted octanol–water partition coefficient (Wildman–Crippen LogP) is 4.10. The van der Waals surface area contributed by atoms with E-state index in [-0.39, 0.29) is 24.6 Å². The fourth-order valence-electron chi connectivity index (χ4n) is 3.20. The molecule has 1 saturated heterocycles. The second-order valence-corrected chi connectivity index (χ2v) is 7.19. The smallest absolute Gasteiger partial charge is 0.322 e. The fraction of sp³-hybridized carbons (Fsp3) is 0.294. The number of hydrogen-bond acceptors (Lipinski definition) is 4. The number of nitrogens with zero attached hydrogens (tertiary/aromatic N) is 1. The van der Waals surface area contributed by atoms with Crippen LogP contribution in [-0.2, 0) is 4.79 Å². The molecule has 0 aliphatic carbocycles. The zero-order chi connectivity index (χ0) is 17.4. The second-order valence-electron chi connectivity index (χ2n) is 6.00. The van der Waals surface area contributed by atoms with Gasteiger partial charge in [-0.05, 0) is 41.3 Å². The van der Waals surface area contributed by atoms with Crippen molar-refractivity contribution in [1.29, 1.82) is 0 Å². The lowest BCUT2D eigenvalue weighted by atomic mass is 10.1. The molecule has 3 amide bonds. The SMILES string of the molecule is O=C1COc2cc(NC(=O)N3CCC[C@H]3c3ccsc3)c(Cl)cc2N1. The molecule has 2 aromatic rings. The predicted molar refractivity (Wildman–Crippen MR) is 97.6 cm³/mol. The average molecular weight is 378 g/mol. The summed E-state index contributed by atoms with van der Waals surface area (Å²) in [6, 6.07) is 5.20. The van der Waals surface area contributed by atoms with E-state index < -0.39 is 0 Å². The van der Waals surface area contributed by atoms with Crippen LogP contribution in [0.15, 0.2) is 29.0 Å². The Morgan fingerprint density at radius 1 is 1.44 bits per heavy atom. The molecule has 0 unspecified atom stereocenters. The minimum absolute atomic E-state index is 0.0472. The molecule has 1 aromatic carbocycles.